The molecule has 0 aliphatic rings. The molecule has 0 atom stereocenters. The van der Waals surface area contributed by atoms with Crippen LogP contribution < -0.4 is 5.32 Å². The third kappa shape index (κ3) is 3.39. The highest BCUT2D eigenvalue weighted by molar-refractivity contribution is 5.03. The predicted molar refractivity (Wildman–Crippen MR) is 64.3 cm³/mol. The van der Waals surface area contributed by atoms with Crippen molar-refractivity contribution in [2.75, 3.05) is 6.54 Å². The Morgan fingerprint density at radius 2 is 2.29 bits per heavy atom. The first-order valence-corrected chi connectivity index (χ1v) is 5.84. The van der Waals surface area contributed by atoms with E-state index in [1.807, 2.05) is 24.1 Å². The van der Waals surface area contributed by atoms with E-state index in [-0.39, 0.29) is 0 Å². The monoisotopic (exact) mass is 234 g/mol. The zero-order valence-corrected chi connectivity index (χ0v) is 10.3. The minimum Gasteiger partial charge on any atom is -0.310 e. The summed E-state index contributed by atoms with van der Waals surface area (Å²) in [6.45, 7) is 4.58. The van der Waals surface area contributed by atoms with Gasteiger partial charge < -0.3 is 5.32 Å². The van der Waals surface area contributed by atoms with Crippen LogP contribution >= 0.6 is 0 Å². The SMILES string of the molecule is CCCNCc1ncn(Cc2cnn(C)c2)n1. The fourth-order valence-corrected chi connectivity index (χ4v) is 1.61. The normalized spacial score (nSPS) is 10.9. The van der Waals surface area contributed by atoms with Gasteiger partial charge in [-0.25, -0.2) is 9.67 Å². The van der Waals surface area contributed by atoms with Crippen molar-refractivity contribution in [2.45, 2.75) is 26.4 Å². The summed E-state index contributed by atoms with van der Waals surface area (Å²) in [5, 5.41) is 11.8. The second-order valence-corrected chi connectivity index (χ2v) is 4.06. The molecule has 17 heavy (non-hydrogen) atoms. The summed E-state index contributed by atoms with van der Waals surface area (Å²) in [7, 11) is 1.91. The van der Waals surface area contributed by atoms with E-state index < -0.39 is 0 Å². The smallest absolute Gasteiger partial charge is 0.164 e. The summed E-state index contributed by atoms with van der Waals surface area (Å²) < 4.78 is 3.62. The lowest BCUT2D eigenvalue weighted by Gasteiger charge is -1.98. The van der Waals surface area contributed by atoms with Gasteiger partial charge in [0.15, 0.2) is 5.82 Å². The van der Waals surface area contributed by atoms with Crippen molar-refractivity contribution in [3.63, 3.8) is 0 Å². The quantitative estimate of drug-likeness (QED) is 0.742. The van der Waals surface area contributed by atoms with Gasteiger partial charge in [-0.2, -0.15) is 10.2 Å². The highest BCUT2D eigenvalue weighted by Crippen LogP contribution is 1.99. The molecule has 0 saturated carbocycles. The minimum absolute atomic E-state index is 0.717. The summed E-state index contributed by atoms with van der Waals surface area (Å²) in [5.74, 6) is 0.836. The van der Waals surface area contributed by atoms with Crippen LogP contribution in [0.1, 0.15) is 24.7 Å². The Morgan fingerprint density at radius 1 is 1.41 bits per heavy atom. The number of aryl methyl sites for hydroxylation is 1. The molecule has 0 bridgehead atoms. The van der Waals surface area contributed by atoms with Crippen molar-refractivity contribution in [2.24, 2.45) is 7.05 Å². The van der Waals surface area contributed by atoms with E-state index in [0.29, 0.717) is 6.54 Å². The first-order valence-electron chi connectivity index (χ1n) is 5.84. The second kappa shape index (κ2) is 5.58. The van der Waals surface area contributed by atoms with Crippen molar-refractivity contribution < 1.29 is 0 Å². The second-order valence-electron chi connectivity index (χ2n) is 4.06. The lowest BCUT2D eigenvalue weighted by atomic mass is 10.4. The van der Waals surface area contributed by atoms with Gasteiger partial charge in [0.25, 0.3) is 0 Å². The molecule has 0 radical (unpaired) electrons. The lowest BCUT2D eigenvalue weighted by molar-refractivity contribution is 0.625. The molecule has 0 amide bonds. The number of nitrogens with one attached hydrogen (secondary N) is 1. The van der Waals surface area contributed by atoms with Gasteiger partial charge in [-0.05, 0) is 13.0 Å². The molecule has 0 saturated heterocycles. The number of hydrogen-bond acceptors (Lipinski definition) is 4. The van der Waals surface area contributed by atoms with Crippen molar-refractivity contribution in [1.29, 1.82) is 0 Å². The van der Waals surface area contributed by atoms with E-state index in [1.54, 1.807) is 11.0 Å². The van der Waals surface area contributed by atoms with Crippen LogP contribution in [0.3, 0.4) is 0 Å². The van der Waals surface area contributed by atoms with Gasteiger partial charge in [0.2, 0.25) is 0 Å². The Balaban J connectivity index is 1.89. The predicted octanol–water partition coefficient (Wildman–Crippen LogP) is 0.559. The Kier molecular flexibility index (Phi) is 3.87. The third-order valence-corrected chi connectivity index (χ3v) is 2.40. The number of rotatable bonds is 6. The number of nitrogens with zero attached hydrogens (tertiary/aromatic N) is 5. The molecule has 0 fully saturated rings. The van der Waals surface area contributed by atoms with Crippen LogP contribution in [0.2, 0.25) is 0 Å². The van der Waals surface area contributed by atoms with Crippen LogP contribution in [0.25, 0.3) is 0 Å². The molecule has 92 valence electrons. The van der Waals surface area contributed by atoms with Crippen LogP contribution in [-0.2, 0) is 20.1 Å². The van der Waals surface area contributed by atoms with Gasteiger partial charge in [0.1, 0.15) is 6.33 Å². The standard InChI is InChI=1S/C11H18N6/c1-3-4-12-6-11-13-9-17(15-11)8-10-5-14-16(2)7-10/h5,7,9,12H,3-4,6,8H2,1-2H3. The van der Waals surface area contributed by atoms with Crippen molar-refractivity contribution in [1.82, 2.24) is 29.9 Å². The van der Waals surface area contributed by atoms with Gasteiger partial charge in [-0.1, -0.05) is 6.92 Å². The average molecular weight is 234 g/mol. The van der Waals surface area contributed by atoms with Crippen molar-refractivity contribution in [3.05, 3.63) is 30.1 Å². The highest BCUT2D eigenvalue weighted by Gasteiger charge is 2.02. The van der Waals surface area contributed by atoms with E-state index in [0.717, 1.165) is 30.9 Å². The fourth-order valence-electron chi connectivity index (χ4n) is 1.61. The first kappa shape index (κ1) is 11.8. The topological polar surface area (TPSA) is 60.6 Å². The molecule has 2 aromatic heterocycles. The molecule has 2 aromatic rings. The number of hydrogen-bond donors (Lipinski definition) is 1. The number of aromatic nitrogens is 5. The van der Waals surface area contributed by atoms with Gasteiger partial charge >= 0.3 is 0 Å². The van der Waals surface area contributed by atoms with Crippen LogP contribution in [0.15, 0.2) is 18.7 Å². The minimum atomic E-state index is 0.717. The van der Waals surface area contributed by atoms with Gasteiger partial charge in [0.05, 0.1) is 19.3 Å². The molecular formula is C11H18N6. The third-order valence-electron chi connectivity index (χ3n) is 2.40. The molecular weight excluding hydrogens is 216 g/mol. The van der Waals surface area contributed by atoms with Crippen LogP contribution in [0.5, 0.6) is 0 Å². The lowest BCUT2D eigenvalue weighted by Crippen LogP contribution is -2.15. The van der Waals surface area contributed by atoms with Gasteiger partial charge in [-0.3, -0.25) is 4.68 Å². The van der Waals surface area contributed by atoms with E-state index in [1.165, 1.54) is 0 Å². The maximum atomic E-state index is 4.39. The summed E-state index contributed by atoms with van der Waals surface area (Å²) in [4.78, 5) is 4.25. The molecule has 0 aromatic carbocycles. The maximum absolute atomic E-state index is 4.39. The van der Waals surface area contributed by atoms with E-state index >= 15 is 0 Å². The zero-order chi connectivity index (χ0) is 12.1. The molecule has 6 heteroatoms. The Bertz CT molecular complexity index is 458. The first-order chi connectivity index (χ1) is 8.28. The van der Waals surface area contributed by atoms with E-state index in [9.17, 15) is 0 Å². The summed E-state index contributed by atoms with van der Waals surface area (Å²) >= 11 is 0. The van der Waals surface area contributed by atoms with Crippen molar-refractivity contribution in [3.8, 4) is 0 Å². The highest BCUT2D eigenvalue weighted by atomic mass is 15.3. The fraction of sp³-hybridized carbons (Fsp3) is 0.545. The Labute approximate surface area is 101 Å². The van der Waals surface area contributed by atoms with Gasteiger partial charge in [0, 0.05) is 18.8 Å². The summed E-state index contributed by atoms with van der Waals surface area (Å²) in [5.41, 5.74) is 1.13. The van der Waals surface area contributed by atoms with E-state index in [4.69, 9.17) is 0 Å². The largest absolute Gasteiger partial charge is 0.310 e. The molecule has 6 nitrogen and oxygen atoms in total. The van der Waals surface area contributed by atoms with Crippen LogP contribution in [0, 0.1) is 0 Å². The maximum Gasteiger partial charge on any atom is 0.164 e. The van der Waals surface area contributed by atoms with Gasteiger partial charge in [-0.15, -0.1) is 0 Å². The zero-order valence-electron chi connectivity index (χ0n) is 10.3. The molecule has 2 heterocycles. The molecule has 0 unspecified atom stereocenters. The van der Waals surface area contributed by atoms with Crippen LogP contribution in [-0.4, -0.2) is 31.1 Å². The average Bonchev–Trinajstić information content (AvgIpc) is 2.90. The van der Waals surface area contributed by atoms with Crippen molar-refractivity contribution >= 4 is 0 Å². The van der Waals surface area contributed by atoms with Crippen LogP contribution in [0.4, 0.5) is 0 Å². The Hall–Kier alpha value is -1.69. The molecule has 2 rings (SSSR count). The van der Waals surface area contributed by atoms with E-state index in [2.05, 4.69) is 27.4 Å². The Morgan fingerprint density at radius 3 is 3.00 bits per heavy atom. The summed E-state index contributed by atoms with van der Waals surface area (Å²) in [6.07, 6.45) is 6.71. The molecule has 0 aliphatic heterocycles. The molecule has 0 aliphatic carbocycles. The molecule has 0 spiro atoms. The molecule has 1 N–H and O–H groups in total. The summed E-state index contributed by atoms with van der Waals surface area (Å²) in [6, 6.07) is 0.